The van der Waals surface area contributed by atoms with Crippen LogP contribution in [-0.2, 0) is 0 Å². The molecule has 0 bridgehead atoms. The third-order valence-electron chi connectivity index (χ3n) is 2.64. The number of rotatable bonds is 4. The molecule has 0 radical (unpaired) electrons. The van der Waals surface area contributed by atoms with Crippen molar-refractivity contribution in [2.45, 2.75) is 13.0 Å². The Balaban J connectivity index is 1.91. The molecule has 1 aromatic heterocycles. The fraction of sp³-hybridized carbons (Fsp3) is 0.143. The predicted molar refractivity (Wildman–Crippen MR) is 69.7 cm³/mol. The Labute approximate surface area is 106 Å². The molecule has 2 rings (SSSR count). The number of hydrogen-bond donors (Lipinski definition) is 2. The van der Waals surface area contributed by atoms with Gasteiger partial charge in [0.1, 0.15) is 0 Å². The molecule has 92 valence electrons. The Morgan fingerprint density at radius 2 is 1.78 bits per heavy atom. The fourth-order valence-corrected chi connectivity index (χ4v) is 1.57. The van der Waals surface area contributed by atoms with Crippen molar-refractivity contribution in [3.63, 3.8) is 0 Å². The van der Waals surface area contributed by atoms with Crippen LogP contribution in [0.1, 0.15) is 28.9 Å². The zero-order chi connectivity index (χ0) is 12.8. The van der Waals surface area contributed by atoms with E-state index in [1.807, 2.05) is 37.3 Å². The first-order valence-corrected chi connectivity index (χ1v) is 5.78. The number of nitrogens with one attached hydrogen (secondary N) is 2. The Hall–Kier alpha value is -2.20. The number of aromatic nitrogens is 1. The molecule has 1 amide bonds. The van der Waals surface area contributed by atoms with E-state index in [0.717, 1.165) is 5.56 Å². The third kappa shape index (κ3) is 3.15. The van der Waals surface area contributed by atoms with Gasteiger partial charge in [0.15, 0.2) is 0 Å². The highest BCUT2D eigenvalue weighted by Crippen LogP contribution is 2.09. The molecule has 0 aliphatic rings. The topological polar surface area (TPSA) is 54.0 Å². The molecule has 1 atom stereocenters. The molecule has 0 aliphatic heterocycles. The van der Waals surface area contributed by atoms with Crippen LogP contribution in [-0.4, -0.2) is 10.9 Å². The van der Waals surface area contributed by atoms with E-state index in [1.54, 1.807) is 24.5 Å². The number of carbonyl (C=O) groups excluding carboxylic acids is 1. The summed E-state index contributed by atoms with van der Waals surface area (Å²) >= 11 is 0. The molecule has 4 nitrogen and oxygen atoms in total. The summed E-state index contributed by atoms with van der Waals surface area (Å²) in [6.07, 6.45) is 3.19. The van der Waals surface area contributed by atoms with Crippen molar-refractivity contribution < 1.29 is 4.79 Å². The smallest absolute Gasteiger partial charge is 0.265 e. The monoisotopic (exact) mass is 241 g/mol. The van der Waals surface area contributed by atoms with Gasteiger partial charge in [0.25, 0.3) is 5.91 Å². The first kappa shape index (κ1) is 12.3. The van der Waals surface area contributed by atoms with Crippen molar-refractivity contribution in [1.82, 2.24) is 15.8 Å². The molecule has 2 aromatic rings. The number of benzene rings is 1. The average Bonchev–Trinajstić information content (AvgIpc) is 2.46. The number of pyridine rings is 1. The van der Waals surface area contributed by atoms with Crippen LogP contribution in [0.2, 0.25) is 0 Å². The lowest BCUT2D eigenvalue weighted by Crippen LogP contribution is -2.39. The second-order valence-corrected chi connectivity index (χ2v) is 3.97. The number of nitrogens with zero attached hydrogens (tertiary/aromatic N) is 1. The first-order valence-electron chi connectivity index (χ1n) is 5.78. The largest absolute Gasteiger partial charge is 0.287 e. The zero-order valence-corrected chi connectivity index (χ0v) is 10.1. The second kappa shape index (κ2) is 5.93. The van der Waals surface area contributed by atoms with E-state index in [4.69, 9.17) is 0 Å². The van der Waals surface area contributed by atoms with E-state index in [9.17, 15) is 4.79 Å². The molecule has 0 saturated heterocycles. The summed E-state index contributed by atoms with van der Waals surface area (Å²) in [5.74, 6) is -0.166. The van der Waals surface area contributed by atoms with Gasteiger partial charge in [-0.05, 0) is 24.6 Å². The summed E-state index contributed by atoms with van der Waals surface area (Å²) in [6.45, 7) is 1.99. The van der Waals surface area contributed by atoms with Crippen LogP contribution in [0.3, 0.4) is 0 Å². The normalized spacial score (nSPS) is 11.8. The van der Waals surface area contributed by atoms with E-state index >= 15 is 0 Å². The van der Waals surface area contributed by atoms with Gasteiger partial charge in [-0.15, -0.1) is 0 Å². The molecule has 1 unspecified atom stereocenters. The van der Waals surface area contributed by atoms with E-state index in [0.29, 0.717) is 5.56 Å². The van der Waals surface area contributed by atoms with Gasteiger partial charge in [0.05, 0.1) is 0 Å². The van der Waals surface area contributed by atoms with Gasteiger partial charge >= 0.3 is 0 Å². The van der Waals surface area contributed by atoms with Gasteiger partial charge in [0.2, 0.25) is 0 Å². The molecule has 1 heterocycles. The summed E-state index contributed by atoms with van der Waals surface area (Å²) < 4.78 is 0. The SMILES string of the molecule is CC(NNC(=O)c1ccncc1)c1ccccc1. The van der Waals surface area contributed by atoms with E-state index in [-0.39, 0.29) is 11.9 Å². The maximum atomic E-state index is 11.8. The molecular formula is C14H15N3O. The van der Waals surface area contributed by atoms with Crippen molar-refractivity contribution >= 4 is 5.91 Å². The summed E-state index contributed by atoms with van der Waals surface area (Å²) in [6, 6.07) is 13.3. The average molecular weight is 241 g/mol. The van der Waals surface area contributed by atoms with Gasteiger partial charge in [0, 0.05) is 24.0 Å². The van der Waals surface area contributed by atoms with Gasteiger partial charge in [-0.3, -0.25) is 15.2 Å². The van der Waals surface area contributed by atoms with E-state index < -0.39 is 0 Å². The minimum absolute atomic E-state index is 0.0528. The van der Waals surface area contributed by atoms with E-state index in [1.165, 1.54) is 0 Å². The van der Waals surface area contributed by atoms with Crippen molar-refractivity contribution in [1.29, 1.82) is 0 Å². The zero-order valence-electron chi connectivity index (χ0n) is 10.1. The lowest BCUT2D eigenvalue weighted by molar-refractivity contribution is 0.0926. The Bertz CT molecular complexity index is 499. The van der Waals surface area contributed by atoms with Gasteiger partial charge in [-0.2, -0.15) is 0 Å². The van der Waals surface area contributed by atoms with E-state index in [2.05, 4.69) is 15.8 Å². The summed E-state index contributed by atoms with van der Waals surface area (Å²) in [5.41, 5.74) is 7.36. The maximum Gasteiger partial charge on any atom is 0.265 e. The minimum atomic E-state index is -0.166. The predicted octanol–water partition coefficient (Wildman–Crippen LogP) is 2.08. The van der Waals surface area contributed by atoms with Crippen LogP contribution < -0.4 is 10.9 Å². The molecule has 18 heavy (non-hydrogen) atoms. The summed E-state index contributed by atoms with van der Waals surface area (Å²) in [5, 5.41) is 0. The summed E-state index contributed by atoms with van der Waals surface area (Å²) in [7, 11) is 0. The van der Waals surface area contributed by atoms with Crippen molar-refractivity contribution in [2.75, 3.05) is 0 Å². The molecular weight excluding hydrogens is 226 g/mol. The Morgan fingerprint density at radius 3 is 2.44 bits per heavy atom. The summed E-state index contributed by atoms with van der Waals surface area (Å²) in [4.78, 5) is 15.6. The lowest BCUT2D eigenvalue weighted by Gasteiger charge is -2.15. The highest BCUT2D eigenvalue weighted by molar-refractivity contribution is 5.93. The van der Waals surface area contributed by atoms with Gasteiger partial charge < -0.3 is 0 Å². The van der Waals surface area contributed by atoms with Crippen molar-refractivity contribution in [2.24, 2.45) is 0 Å². The fourth-order valence-electron chi connectivity index (χ4n) is 1.57. The standard InChI is InChI=1S/C14H15N3O/c1-11(12-5-3-2-4-6-12)16-17-14(18)13-7-9-15-10-8-13/h2-11,16H,1H3,(H,17,18). The Morgan fingerprint density at radius 1 is 1.11 bits per heavy atom. The molecule has 0 aliphatic carbocycles. The highest BCUT2D eigenvalue weighted by Gasteiger charge is 2.07. The molecule has 2 N–H and O–H groups in total. The van der Waals surface area contributed by atoms with Crippen LogP contribution in [0.4, 0.5) is 0 Å². The maximum absolute atomic E-state index is 11.8. The molecule has 0 spiro atoms. The van der Waals surface area contributed by atoms with Gasteiger partial charge in [-0.25, -0.2) is 5.43 Å². The quantitative estimate of drug-likeness (QED) is 0.806. The second-order valence-electron chi connectivity index (χ2n) is 3.97. The number of hydrogen-bond acceptors (Lipinski definition) is 3. The molecule has 0 fully saturated rings. The Kier molecular flexibility index (Phi) is 4.04. The van der Waals surface area contributed by atoms with Crippen molar-refractivity contribution in [3.8, 4) is 0 Å². The lowest BCUT2D eigenvalue weighted by atomic mass is 10.1. The number of carbonyl (C=O) groups is 1. The number of amides is 1. The molecule has 0 saturated carbocycles. The molecule has 1 aromatic carbocycles. The van der Waals surface area contributed by atoms with Crippen LogP contribution >= 0.6 is 0 Å². The number of hydrazine groups is 1. The van der Waals surface area contributed by atoms with Crippen LogP contribution in [0.15, 0.2) is 54.9 Å². The molecule has 4 heteroatoms. The third-order valence-corrected chi connectivity index (χ3v) is 2.64. The van der Waals surface area contributed by atoms with Crippen LogP contribution in [0, 0.1) is 0 Å². The van der Waals surface area contributed by atoms with Gasteiger partial charge in [-0.1, -0.05) is 30.3 Å². The van der Waals surface area contributed by atoms with Crippen LogP contribution in [0.25, 0.3) is 0 Å². The van der Waals surface area contributed by atoms with Crippen molar-refractivity contribution in [3.05, 3.63) is 66.0 Å². The first-order chi connectivity index (χ1) is 8.77. The van der Waals surface area contributed by atoms with Crippen LogP contribution in [0.5, 0.6) is 0 Å². The highest BCUT2D eigenvalue weighted by atomic mass is 16.2. The minimum Gasteiger partial charge on any atom is -0.287 e.